The summed E-state index contributed by atoms with van der Waals surface area (Å²) in [6.07, 6.45) is 2.47. The van der Waals surface area contributed by atoms with Crippen LogP contribution in [0.2, 0.25) is 0 Å². The Morgan fingerprint density at radius 1 is 1.17 bits per heavy atom. The van der Waals surface area contributed by atoms with E-state index in [-0.39, 0.29) is 29.2 Å². The molecule has 3 aromatic rings. The van der Waals surface area contributed by atoms with Gasteiger partial charge in [0.2, 0.25) is 0 Å². The fraction of sp³-hybridized carbons (Fsp3) is 0.300. The van der Waals surface area contributed by atoms with Crippen LogP contribution in [0.5, 0.6) is 5.75 Å². The van der Waals surface area contributed by atoms with Crippen LogP contribution in [-0.4, -0.2) is 29.6 Å². The highest BCUT2D eigenvalue weighted by atomic mass is 32.1. The van der Waals surface area contributed by atoms with Crippen LogP contribution < -0.4 is 15.4 Å². The fourth-order valence-electron chi connectivity index (χ4n) is 3.52. The summed E-state index contributed by atoms with van der Waals surface area (Å²) in [5.41, 5.74) is 0.768. The number of carbonyl (C=O) groups is 1. The van der Waals surface area contributed by atoms with Crippen LogP contribution in [0.3, 0.4) is 0 Å². The van der Waals surface area contributed by atoms with Gasteiger partial charge < -0.3 is 15.4 Å². The number of nitrogens with one attached hydrogen (secondary N) is 2. The molecule has 1 fully saturated rings. The summed E-state index contributed by atoms with van der Waals surface area (Å²) in [4.78, 5) is 17.1. The standard InChI is InChI=1S/C20H18F3N3O2S/c21-11-8-9-15-17(10-11)29-20(26-15)25-14-6-3-5-13(14)24-18(27)12-4-1-2-7-16(12)28-19(22)23/h1-2,4,7-10,13-14,19H,3,5-6H2,(H,24,27)(H,25,26)/t13-,14+/m1/s1. The Morgan fingerprint density at radius 2 is 1.97 bits per heavy atom. The molecule has 2 N–H and O–H groups in total. The van der Waals surface area contributed by atoms with Gasteiger partial charge in [0.05, 0.1) is 15.8 Å². The molecule has 0 spiro atoms. The van der Waals surface area contributed by atoms with Crippen molar-refractivity contribution < 1.29 is 22.7 Å². The Bertz CT molecular complexity index is 1030. The van der Waals surface area contributed by atoms with E-state index < -0.39 is 12.5 Å². The lowest BCUT2D eigenvalue weighted by molar-refractivity contribution is -0.0501. The minimum Gasteiger partial charge on any atom is -0.434 e. The van der Waals surface area contributed by atoms with Crippen molar-refractivity contribution in [2.24, 2.45) is 0 Å². The van der Waals surface area contributed by atoms with Crippen molar-refractivity contribution in [3.05, 3.63) is 53.8 Å². The monoisotopic (exact) mass is 421 g/mol. The number of fused-ring (bicyclic) bond motifs is 1. The number of halogens is 3. The zero-order valence-corrected chi connectivity index (χ0v) is 16.0. The molecule has 0 saturated heterocycles. The molecule has 0 aliphatic heterocycles. The number of hydrogen-bond acceptors (Lipinski definition) is 5. The number of rotatable bonds is 6. The molecule has 1 aliphatic carbocycles. The number of thiazole rings is 1. The van der Waals surface area contributed by atoms with Crippen LogP contribution in [0.4, 0.5) is 18.3 Å². The molecule has 1 heterocycles. The average Bonchev–Trinajstić information content (AvgIpc) is 3.27. The molecule has 0 radical (unpaired) electrons. The molecular weight excluding hydrogens is 403 g/mol. The zero-order valence-electron chi connectivity index (χ0n) is 15.2. The first kappa shape index (κ1) is 19.5. The summed E-state index contributed by atoms with van der Waals surface area (Å²) in [5.74, 6) is -0.939. The van der Waals surface area contributed by atoms with E-state index in [4.69, 9.17) is 0 Å². The minimum absolute atomic E-state index is 0.0625. The lowest BCUT2D eigenvalue weighted by atomic mass is 10.1. The number of carbonyl (C=O) groups excluding carboxylic acids is 1. The Labute approximate surface area is 168 Å². The van der Waals surface area contributed by atoms with Gasteiger partial charge in [-0.1, -0.05) is 23.5 Å². The average molecular weight is 421 g/mol. The SMILES string of the molecule is O=C(N[C@@H]1CCC[C@@H]1Nc1nc2ccc(F)cc2s1)c1ccccc1OC(F)F. The smallest absolute Gasteiger partial charge is 0.387 e. The number of amides is 1. The first-order chi connectivity index (χ1) is 14.0. The Morgan fingerprint density at radius 3 is 2.79 bits per heavy atom. The molecule has 0 unspecified atom stereocenters. The van der Waals surface area contributed by atoms with Crippen molar-refractivity contribution in [1.82, 2.24) is 10.3 Å². The summed E-state index contributed by atoms with van der Waals surface area (Å²) in [6, 6.07) is 10.1. The molecule has 9 heteroatoms. The Kier molecular flexibility index (Phi) is 5.57. The number of nitrogens with zero attached hydrogens (tertiary/aromatic N) is 1. The fourth-order valence-corrected chi connectivity index (χ4v) is 4.48. The predicted octanol–water partition coefficient (Wildman–Crippen LogP) is 4.80. The van der Waals surface area contributed by atoms with E-state index in [0.717, 1.165) is 24.0 Å². The van der Waals surface area contributed by atoms with Crippen molar-refractivity contribution in [2.45, 2.75) is 38.0 Å². The van der Waals surface area contributed by atoms with Gasteiger partial charge in [0.15, 0.2) is 5.13 Å². The lowest BCUT2D eigenvalue weighted by Gasteiger charge is -2.22. The molecule has 152 valence electrons. The van der Waals surface area contributed by atoms with Gasteiger partial charge in [-0.3, -0.25) is 4.79 Å². The number of para-hydroxylation sites is 1. The lowest BCUT2D eigenvalue weighted by Crippen LogP contribution is -2.43. The van der Waals surface area contributed by atoms with E-state index in [0.29, 0.717) is 10.6 Å². The molecule has 2 aromatic carbocycles. The zero-order chi connectivity index (χ0) is 20.4. The number of alkyl halides is 2. The minimum atomic E-state index is -3.01. The van der Waals surface area contributed by atoms with E-state index in [2.05, 4.69) is 20.4 Å². The van der Waals surface area contributed by atoms with Crippen molar-refractivity contribution in [3.8, 4) is 5.75 Å². The molecule has 1 aliphatic rings. The maximum Gasteiger partial charge on any atom is 0.387 e. The molecular formula is C20H18F3N3O2S. The summed E-state index contributed by atoms with van der Waals surface area (Å²) in [6.45, 7) is -3.01. The van der Waals surface area contributed by atoms with Crippen molar-refractivity contribution in [1.29, 1.82) is 0 Å². The predicted molar refractivity (Wildman–Crippen MR) is 105 cm³/mol. The van der Waals surface area contributed by atoms with Crippen molar-refractivity contribution in [3.63, 3.8) is 0 Å². The molecule has 1 amide bonds. The van der Waals surface area contributed by atoms with Crippen LogP contribution in [0.15, 0.2) is 42.5 Å². The van der Waals surface area contributed by atoms with Crippen LogP contribution >= 0.6 is 11.3 Å². The number of aromatic nitrogens is 1. The highest BCUT2D eigenvalue weighted by Gasteiger charge is 2.30. The second-order valence-electron chi connectivity index (χ2n) is 6.77. The normalized spacial score (nSPS) is 18.9. The maximum absolute atomic E-state index is 13.4. The van der Waals surface area contributed by atoms with Gasteiger partial charge in [-0.05, 0) is 49.6 Å². The van der Waals surface area contributed by atoms with Gasteiger partial charge in [0.1, 0.15) is 11.6 Å². The summed E-state index contributed by atoms with van der Waals surface area (Å²) >= 11 is 1.35. The topological polar surface area (TPSA) is 63.2 Å². The maximum atomic E-state index is 13.4. The van der Waals surface area contributed by atoms with E-state index in [9.17, 15) is 18.0 Å². The molecule has 5 nitrogen and oxygen atoms in total. The van der Waals surface area contributed by atoms with Crippen LogP contribution in [-0.2, 0) is 0 Å². The Hall–Kier alpha value is -2.81. The summed E-state index contributed by atoms with van der Waals surface area (Å²) in [5, 5.41) is 6.89. The quantitative estimate of drug-likeness (QED) is 0.600. The highest BCUT2D eigenvalue weighted by molar-refractivity contribution is 7.22. The third kappa shape index (κ3) is 4.45. The van der Waals surface area contributed by atoms with E-state index in [1.54, 1.807) is 12.1 Å². The highest BCUT2D eigenvalue weighted by Crippen LogP contribution is 2.30. The van der Waals surface area contributed by atoms with Crippen LogP contribution in [0.25, 0.3) is 10.2 Å². The second kappa shape index (κ2) is 8.28. The van der Waals surface area contributed by atoms with Gasteiger partial charge in [-0.2, -0.15) is 8.78 Å². The summed E-state index contributed by atoms with van der Waals surface area (Å²) in [7, 11) is 0. The van der Waals surface area contributed by atoms with Gasteiger partial charge in [-0.15, -0.1) is 0 Å². The van der Waals surface area contributed by atoms with E-state index >= 15 is 0 Å². The van der Waals surface area contributed by atoms with Crippen molar-refractivity contribution in [2.75, 3.05) is 5.32 Å². The van der Waals surface area contributed by atoms with Crippen molar-refractivity contribution >= 4 is 32.6 Å². The van der Waals surface area contributed by atoms with Gasteiger partial charge >= 0.3 is 6.61 Å². The van der Waals surface area contributed by atoms with E-state index in [1.807, 2.05) is 0 Å². The van der Waals surface area contributed by atoms with Gasteiger partial charge in [0, 0.05) is 12.1 Å². The van der Waals surface area contributed by atoms with Gasteiger partial charge in [0.25, 0.3) is 5.91 Å². The number of hydrogen-bond donors (Lipinski definition) is 2. The molecule has 0 bridgehead atoms. The number of ether oxygens (including phenoxy) is 1. The first-order valence-corrected chi connectivity index (χ1v) is 9.98. The Balaban J connectivity index is 1.46. The third-order valence-electron chi connectivity index (χ3n) is 4.84. The van der Waals surface area contributed by atoms with Crippen LogP contribution in [0, 0.1) is 5.82 Å². The molecule has 1 aromatic heterocycles. The third-order valence-corrected chi connectivity index (χ3v) is 5.79. The number of anilines is 1. The number of benzene rings is 2. The second-order valence-corrected chi connectivity index (χ2v) is 7.80. The van der Waals surface area contributed by atoms with Gasteiger partial charge in [-0.25, -0.2) is 9.37 Å². The van der Waals surface area contributed by atoms with Crippen LogP contribution in [0.1, 0.15) is 29.6 Å². The molecule has 1 saturated carbocycles. The molecule has 2 atom stereocenters. The summed E-state index contributed by atoms with van der Waals surface area (Å²) < 4.78 is 43.8. The molecule has 29 heavy (non-hydrogen) atoms. The molecule has 4 rings (SSSR count). The van der Waals surface area contributed by atoms with E-state index in [1.165, 1.54) is 41.7 Å². The first-order valence-electron chi connectivity index (χ1n) is 9.17. The largest absolute Gasteiger partial charge is 0.434 e.